The smallest absolute Gasteiger partial charge is 0.362 e. The summed E-state index contributed by atoms with van der Waals surface area (Å²) in [5, 5.41) is 9.59. The van der Waals surface area contributed by atoms with E-state index in [1.54, 1.807) is 0 Å². The van der Waals surface area contributed by atoms with Crippen LogP contribution in [-0.2, 0) is 28.6 Å². The Labute approximate surface area is 308 Å². The SMILES string of the molecule is CCCCCCCC/C=C/CCCCCCCCCC(=O)OC(COCCC(C(=O)O)[N+](C)(C)C)COC(=O)CCCCCCCCCCC. The number of ether oxygens (including phenoxy) is 3. The number of quaternary nitrogens is 1. The van der Waals surface area contributed by atoms with Crippen molar-refractivity contribution in [3.8, 4) is 0 Å². The molecular weight excluding hydrogens is 630 g/mol. The quantitative estimate of drug-likeness (QED) is 0.0296. The van der Waals surface area contributed by atoms with Gasteiger partial charge in [-0.1, -0.05) is 142 Å². The third-order valence-electron chi connectivity index (χ3n) is 9.41. The van der Waals surface area contributed by atoms with E-state index in [2.05, 4.69) is 26.0 Å². The van der Waals surface area contributed by atoms with Crippen LogP contribution in [0, 0.1) is 0 Å². The van der Waals surface area contributed by atoms with Gasteiger partial charge in [-0.15, -0.1) is 0 Å². The molecule has 50 heavy (non-hydrogen) atoms. The topological polar surface area (TPSA) is 99.1 Å². The number of esters is 2. The van der Waals surface area contributed by atoms with Crippen LogP contribution in [0.5, 0.6) is 0 Å². The summed E-state index contributed by atoms with van der Waals surface area (Å²) >= 11 is 0. The maximum Gasteiger partial charge on any atom is 0.362 e. The first-order chi connectivity index (χ1) is 24.1. The summed E-state index contributed by atoms with van der Waals surface area (Å²) in [6.45, 7) is 4.71. The minimum Gasteiger partial charge on any atom is -0.477 e. The van der Waals surface area contributed by atoms with E-state index in [-0.39, 0.29) is 36.2 Å². The van der Waals surface area contributed by atoms with Gasteiger partial charge in [0.25, 0.3) is 0 Å². The van der Waals surface area contributed by atoms with Crippen molar-refractivity contribution in [2.45, 2.75) is 199 Å². The fourth-order valence-corrected chi connectivity index (χ4v) is 6.14. The number of carbonyl (C=O) groups is 3. The van der Waals surface area contributed by atoms with E-state index in [9.17, 15) is 19.5 Å². The van der Waals surface area contributed by atoms with Crippen LogP contribution in [-0.4, -0.2) is 80.6 Å². The zero-order chi connectivity index (χ0) is 37.1. The largest absolute Gasteiger partial charge is 0.477 e. The summed E-state index contributed by atoms with van der Waals surface area (Å²) in [6.07, 6.45) is 33.9. The van der Waals surface area contributed by atoms with Crippen LogP contribution >= 0.6 is 0 Å². The number of aliphatic carboxylic acids is 1. The molecule has 2 unspecified atom stereocenters. The Morgan fingerprint density at radius 1 is 0.580 bits per heavy atom. The zero-order valence-electron chi connectivity index (χ0n) is 33.4. The molecule has 0 rings (SSSR count). The lowest BCUT2D eigenvalue weighted by molar-refractivity contribution is -0.887. The predicted molar refractivity (Wildman–Crippen MR) is 206 cm³/mol. The molecule has 0 heterocycles. The molecule has 8 heteroatoms. The molecule has 0 saturated heterocycles. The number of likely N-dealkylation sites (N-methyl/N-ethyl adjacent to an activating group) is 1. The highest BCUT2D eigenvalue weighted by molar-refractivity contribution is 5.72. The van der Waals surface area contributed by atoms with Gasteiger partial charge in [0, 0.05) is 19.3 Å². The molecule has 8 nitrogen and oxygen atoms in total. The molecule has 0 radical (unpaired) electrons. The van der Waals surface area contributed by atoms with Crippen molar-refractivity contribution >= 4 is 17.9 Å². The van der Waals surface area contributed by atoms with Gasteiger partial charge in [0.1, 0.15) is 6.61 Å². The Bertz CT molecular complexity index is 838. The molecule has 0 amide bonds. The number of allylic oxidation sites excluding steroid dienone is 2. The predicted octanol–water partition coefficient (Wildman–Crippen LogP) is 10.7. The molecular formula is C42H80NO7+. The van der Waals surface area contributed by atoms with Gasteiger partial charge in [-0.2, -0.15) is 0 Å². The third-order valence-corrected chi connectivity index (χ3v) is 9.41. The second-order valence-electron chi connectivity index (χ2n) is 15.2. The average molecular weight is 711 g/mol. The second kappa shape index (κ2) is 34.2. The first kappa shape index (κ1) is 48.1. The average Bonchev–Trinajstić information content (AvgIpc) is 3.06. The number of carboxylic acid groups (broad SMARTS) is 1. The molecule has 0 aromatic rings. The van der Waals surface area contributed by atoms with Crippen molar-refractivity contribution in [3.63, 3.8) is 0 Å². The van der Waals surface area contributed by atoms with E-state index in [1.165, 1.54) is 116 Å². The van der Waals surface area contributed by atoms with E-state index < -0.39 is 18.1 Å². The maximum absolute atomic E-state index is 12.7. The van der Waals surface area contributed by atoms with Crippen LogP contribution < -0.4 is 0 Å². The van der Waals surface area contributed by atoms with E-state index in [0.717, 1.165) is 38.5 Å². The van der Waals surface area contributed by atoms with Crippen molar-refractivity contribution < 1.29 is 38.2 Å². The lowest BCUT2D eigenvalue weighted by atomic mass is 10.1. The highest BCUT2D eigenvalue weighted by Gasteiger charge is 2.31. The molecule has 0 fully saturated rings. The summed E-state index contributed by atoms with van der Waals surface area (Å²) in [5.74, 6) is -1.47. The summed E-state index contributed by atoms with van der Waals surface area (Å²) < 4.78 is 17.2. The monoisotopic (exact) mass is 711 g/mol. The van der Waals surface area contributed by atoms with Crippen molar-refractivity contribution in [2.75, 3.05) is 41.0 Å². The zero-order valence-corrected chi connectivity index (χ0v) is 33.4. The fraction of sp³-hybridized carbons (Fsp3) is 0.881. The number of unbranched alkanes of at least 4 members (excludes halogenated alkanes) is 21. The summed E-state index contributed by atoms with van der Waals surface area (Å²) in [6, 6.07) is -0.610. The summed E-state index contributed by atoms with van der Waals surface area (Å²) in [4.78, 5) is 36.8. The molecule has 0 aliphatic rings. The maximum atomic E-state index is 12.7. The normalized spacial score (nSPS) is 13.1. The third kappa shape index (κ3) is 32.0. The van der Waals surface area contributed by atoms with Gasteiger partial charge >= 0.3 is 17.9 Å². The Morgan fingerprint density at radius 2 is 1.00 bits per heavy atom. The molecule has 1 N–H and O–H groups in total. The molecule has 0 aliphatic heterocycles. The van der Waals surface area contributed by atoms with Crippen LogP contribution in [0.2, 0.25) is 0 Å². The Balaban J connectivity index is 4.32. The van der Waals surface area contributed by atoms with Crippen molar-refractivity contribution in [1.82, 2.24) is 0 Å². The van der Waals surface area contributed by atoms with Gasteiger partial charge in [0.2, 0.25) is 0 Å². The standard InChI is InChI=1S/C42H79NO7/c1-6-8-10-12-14-16-17-18-19-20-21-22-23-25-27-29-31-33-41(45)50-38(36-48-35-34-39(42(46)47)43(3,4)5)37-49-40(44)32-30-28-26-24-15-13-11-9-7-2/h18-19,38-39H,6-17,20-37H2,1-5H3/p+1/b19-18+. The lowest BCUT2D eigenvalue weighted by Crippen LogP contribution is -2.50. The molecule has 294 valence electrons. The van der Waals surface area contributed by atoms with Gasteiger partial charge in [-0.3, -0.25) is 9.59 Å². The number of hydrogen-bond acceptors (Lipinski definition) is 6. The molecule has 2 atom stereocenters. The minimum atomic E-state index is -0.874. The molecule has 0 aliphatic carbocycles. The number of hydrogen-bond donors (Lipinski definition) is 1. The van der Waals surface area contributed by atoms with Gasteiger partial charge in [0.15, 0.2) is 12.1 Å². The van der Waals surface area contributed by atoms with Crippen molar-refractivity contribution in [1.29, 1.82) is 0 Å². The molecule has 0 spiro atoms. The Hall–Kier alpha value is -1.93. The minimum absolute atomic E-state index is 0.0477. The Morgan fingerprint density at radius 3 is 1.44 bits per heavy atom. The van der Waals surface area contributed by atoms with Gasteiger partial charge in [0.05, 0.1) is 34.4 Å². The highest BCUT2D eigenvalue weighted by Crippen LogP contribution is 2.14. The lowest BCUT2D eigenvalue weighted by Gasteiger charge is -2.31. The number of rotatable bonds is 37. The van der Waals surface area contributed by atoms with E-state index in [0.29, 0.717) is 19.3 Å². The first-order valence-corrected chi connectivity index (χ1v) is 20.7. The fourth-order valence-electron chi connectivity index (χ4n) is 6.14. The summed E-state index contributed by atoms with van der Waals surface area (Å²) in [5.41, 5.74) is 0. The van der Waals surface area contributed by atoms with Crippen LogP contribution in [0.15, 0.2) is 12.2 Å². The number of carbonyl (C=O) groups excluding carboxylic acids is 2. The number of nitrogens with zero attached hydrogens (tertiary/aromatic N) is 1. The van der Waals surface area contributed by atoms with Gasteiger partial charge < -0.3 is 23.8 Å². The molecule has 0 bridgehead atoms. The molecule has 0 aromatic heterocycles. The van der Waals surface area contributed by atoms with Crippen LogP contribution in [0.3, 0.4) is 0 Å². The number of carboxylic acids is 1. The van der Waals surface area contributed by atoms with E-state index in [4.69, 9.17) is 14.2 Å². The second-order valence-corrected chi connectivity index (χ2v) is 15.2. The van der Waals surface area contributed by atoms with Gasteiger partial charge in [-0.25, -0.2) is 4.79 Å². The highest BCUT2D eigenvalue weighted by atomic mass is 16.6. The first-order valence-electron chi connectivity index (χ1n) is 20.7. The van der Waals surface area contributed by atoms with Crippen LogP contribution in [0.25, 0.3) is 0 Å². The molecule has 0 saturated carbocycles. The van der Waals surface area contributed by atoms with E-state index in [1.807, 2.05) is 21.1 Å². The van der Waals surface area contributed by atoms with Crippen LogP contribution in [0.1, 0.15) is 187 Å². The van der Waals surface area contributed by atoms with Crippen molar-refractivity contribution in [2.24, 2.45) is 0 Å². The Kier molecular flexibility index (Phi) is 32.9. The van der Waals surface area contributed by atoms with Crippen LogP contribution in [0.4, 0.5) is 0 Å². The van der Waals surface area contributed by atoms with Crippen molar-refractivity contribution in [3.05, 3.63) is 12.2 Å². The summed E-state index contributed by atoms with van der Waals surface area (Å²) in [7, 11) is 5.52. The van der Waals surface area contributed by atoms with E-state index >= 15 is 0 Å². The molecule has 0 aromatic carbocycles. The van der Waals surface area contributed by atoms with Gasteiger partial charge in [-0.05, 0) is 38.5 Å².